The summed E-state index contributed by atoms with van der Waals surface area (Å²) in [6, 6.07) is 5.01. The topological polar surface area (TPSA) is 49.9 Å². The molecule has 0 unspecified atom stereocenters. The Balaban J connectivity index is 2.28. The number of amides is 2. The number of carbonyl (C=O) groups excluding carboxylic acids is 2. The Morgan fingerprint density at radius 3 is 2.56 bits per heavy atom. The molecule has 0 aromatic heterocycles. The van der Waals surface area contributed by atoms with Gasteiger partial charge < -0.3 is 14.5 Å². The van der Waals surface area contributed by atoms with Gasteiger partial charge >= 0.3 is 0 Å². The highest BCUT2D eigenvalue weighted by atomic mass is 35.5. The predicted molar refractivity (Wildman–Crippen MR) is 68.0 cm³/mol. The summed E-state index contributed by atoms with van der Waals surface area (Å²) in [5.41, 5.74) is 0.604. The Labute approximate surface area is 110 Å². The number of nitrogens with zero attached hydrogens (tertiary/aromatic N) is 2. The van der Waals surface area contributed by atoms with Gasteiger partial charge in [0.05, 0.1) is 18.7 Å². The number of rotatable bonds is 2. The van der Waals surface area contributed by atoms with E-state index >= 15 is 0 Å². The van der Waals surface area contributed by atoms with Crippen LogP contribution in [0.3, 0.4) is 0 Å². The highest BCUT2D eigenvalue weighted by Gasteiger charge is 2.28. The van der Waals surface area contributed by atoms with E-state index < -0.39 is 0 Å². The van der Waals surface area contributed by atoms with Crippen LogP contribution in [0, 0.1) is 0 Å². The lowest BCUT2D eigenvalue weighted by Crippen LogP contribution is -2.52. The standard InChI is InChI=1S/C12H13ClN2O3/c1-14-6-12(17)15(7-11(14)16)8-3-4-10(18-2)9(13)5-8/h3-5H,6-7H2,1-2H3. The van der Waals surface area contributed by atoms with Gasteiger partial charge in [-0.25, -0.2) is 0 Å². The van der Waals surface area contributed by atoms with Gasteiger partial charge in [0.25, 0.3) is 0 Å². The molecule has 2 amide bonds. The van der Waals surface area contributed by atoms with Gasteiger partial charge in [-0.15, -0.1) is 0 Å². The summed E-state index contributed by atoms with van der Waals surface area (Å²) in [7, 11) is 3.13. The van der Waals surface area contributed by atoms with Crippen molar-refractivity contribution >= 4 is 29.1 Å². The molecule has 0 radical (unpaired) electrons. The van der Waals surface area contributed by atoms with E-state index in [9.17, 15) is 9.59 Å². The van der Waals surface area contributed by atoms with Crippen LogP contribution in [0.2, 0.25) is 5.02 Å². The Bertz CT molecular complexity index is 504. The Morgan fingerprint density at radius 1 is 1.22 bits per heavy atom. The maximum atomic E-state index is 11.9. The fourth-order valence-electron chi connectivity index (χ4n) is 1.78. The highest BCUT2D eigenvalue weighted by molar-refractivity contribution is 6.32. The summed E-state index contributed by atoms with van der Waals surface area (Å²) in [6.07, 6.45) is 0. The van der Waals surface area contributed by atoms with Crippen LogP contribution in [0.25, 0.3) is 0 Å². The van der Waals surface area contributed by atoms with Gasteiger partial charge in [-0.1, -0.05) is 11.6 Å². The molecule has 0 aliphatic carbocycles. The number of anilines is 1. The number of halogens is 1. The molecule has 1 heterocycles. The molecule has 0 bridgehead atoms. The zero-order valence-electron chi connectivity index (χ0n) is 10.1. The van der Waals surface area contributed by atoms with E-state index in [0.29, 0.717) is 16.5 Å². The lowest BCUT2D eigenvalue weighted by Gasteiger charge is -2.31. The van der Waals surface area contributed by atoms with E-state index in [-0.39, 0.29) is 24.9 Å². The molecule has 0 N–H and O–H groups in total. The van der Waals surface area contributed by atoms with Gasteiger partial charge in [0.1, 0.15) is 12.3 Å². The maximum absolute atomic E-state index is 11.9. The quantitative estimate of drug-likeness (QED) is 0.809. The number of benzene rings is 1. The number of likely N-dealkylation sites (N-methyl/N-ethyl adjacent to an activating group) is 1. The summed E-state index contributed by atoms with van der Waals surface area (Å²) < 4.78 is 5.04. The largest absolute Gasteiger partial charge is 0.495 e. The van der Waals surface area contributed by atoms with Crippen LogP contribution in [0.5, 0.6) is 5.75 Å². The minimum Gasteiger partial charge on any atom is -0.495 e. The van der Waals surface area contributed by atoms with Crippen LogP contribution < -0.4 is 9.64 Å². The molecular formula is C12H13ClN2O3. The molecule has 1 aromatic rings. The van der Waals surface area contributed by atoms with Gasteiger partial charge in [0, 0.05) is 12.7 Å². The predicted octanol–water partition coefficient (Wildman–Crippen LogP) is 1.15. The molecule has 1 aromatic carbocycles. The average molecular weight is 269 g/mol. The first kappa shape index (κ1) is 12.7. The molecule has 1 saturated heterocycles. The Morgan fingerprint density at radius 2 is 1.94 bits per heavy atom. The first-order valence-corrected chi connectivity index (χ1v) is 5.78. The molecule has 6 heteroatoms. The number of hydrogen-bond donors (Lipinski definition) is 0. The monoisotopic (exact) mass is 268 g/mol. The van der Waals surface area contributed by atoms with Crippen molar-refractivity contribution in [2.24, 2.45) is 0 Å². The minimum atomic E-state index is -0.127. The normalized spacial score (nSPS) is 16.2. The molecule has 1 fully saturated rings. The number of carbonyl (C=O) groups is 2. The van der Waals surface area contributed by atoms with Crippen molar-refractivity contribution in [2.75, 3.05) is 32.1 Å². The molecule has 18 heavy (non-hydrogen) atoms. The van der Waals surface area contributed by atoms with Crippen LogP contribution in [-0.2, 0) is 9.59 Å². The number of methoxy groups -OCH3 is 1. The summed E-state index contributed by atoms with van der Waals surface area (Å²) in [6.45, 7) is 0.125. The van der Waals surface area contributed by atoms with Crippen LogP contribution in [-0.4, -0.2) is 44.0 Å². The van der Waals surface area contributed by atoms with Gasteiger partial charge in [-0.2, -0.15) is 0 Å². The third-order valence-electron chi connectivity index (χ3n) is 2.84. The second-order valence-electron chi connectivity index (χ2n) is 4.05. The van der Waals surface area contributed by atoms with Crippen LogP contribution >= 0.6 is 11.6 Å². The molecule has 0 saturated carbocycles. The van der Waals surface area contributed by atoms with Crippen molar-refractivity contribution in [1.82, 2.24) is 4.90 Å². The van der Waals surface area contributed by atoms with E-state index in [1.54, 1.807) is 25.2 Å². The first-order chi connectivity index (χ1) is 8.52. The fraction of sp³-hybridized carbons (Fsp3) is 0.333. The fourth-order valence-corrected chi connectivity index (χ4v) is 2.03. The minimum absolute atomic E-state index is 0.0397. The van der Waals surface area contributed by atoms with Crippen molar-refractivity contribution < 1.29 is 14.3 Å². The van der Waals surface area contributed by atoms with E-state index in [0.717, 1.165) is 0 Å². The zero-order chi connectivity index (χ0) is 13.3. The molecule has 2 rings (SSSR count). The number of ether oxygens (including phenoxy) is 1. The van der Waals surface area contributed by atoms with Gasteiger partial charge in [-0.3, -0.25) is 9.59 Å². The smallest absolute Gasteiger partial charge is 0.247 e. The number of hydrogen-bond acceptors (Lipinski definition) is 3. The first-order valence-electron chi connectivity index (χ1n) is 5.41. The number of piperazine rings is 1. The average Bonchev–Trinajstić information content (AvgIpc) is 2.33. The molecule has 96 valence electrons. The van der Waals surface area contributed by atoms with E-state index in [1.807, 2.05) is 0 Å². The van der Waals surface area contributed by atoms with Crippen molar-refractivity contribution in [3.8, 4) is 5.75 Å². The van der Waals surface area contributed by atoms with E-state index in [2.05, 4.69) is 0 Å². The molecule has 5 nitrogen and oxygen atoms in total. The second kappa shape index (κ2) is 4.86. The van der Waals surface area contributed by atoms with Crippen LogP contribution in [0.15, 0.2) is 18.2 Å². The third-order valence-corrected chi connectivity index (χ3v) is 3.14. The lowest BCUT2D eigenvalue weighted by molar-refractivity contribution is -0.136. The lowest BCUT2D eigenvalue weighted by atomic mass is 10.2. The van der Waals surface area contributed by atoms with E-state index in [1.165, 1.54) is 16.9 Å². The van der Waals surface area contributed by atoms with Crippen LogP contribution in [0.1, 0.15) is 0 Å². The Kier molecular flexibility index (Phi) is 3.43. The van der Waals surface area contributed by atoms with E-state index in [4.69, 9.17) is 16.3 Å². The Hall–Kier alpha value is -1.75. The zero-order valence-corrected chi connectivity index (χ0v) is 10.9. The summed E-state index contributed by atoms with van der Waals surface area (Å²) in [5, 5.41) is 0.411. The highest BCUT2D eigenvalue weighted by Crippen LogP contribution is 2.29. The molecule has 1 aliphatic rings. The second-order valence-corrected chi connectivity index (χ2v) is 4.46. The summed E-state index contributed by atoms with van der Waals surface area (Å²) in [5.74, 6) is 0.313. The summed E-state index contributed by atoms with van der Waals surface area (Å²) in [4.78, 5) is 26.3. The molecular weight excluding hydrogens is 256 g/mol. The third kappa shape index (κ3) is 2.26. The van der Waals surface area contributed by atoms with Crippen molar-refractivity contribution in [3.63, 3.8) is 0 Å². The van der Waals surface area contributed by atoms with Crippen LogP contribution in [0.4, 0.5) is 5.69 Å². The van der Waals surface area contributed by atoms with Gasteiger partial charge in [0.2, 0.25) is 11.8 Å². The maximum Gasteiger partial charge on any atom is 0.247 e. The summed E-state index contributed by atoms with van der Waals surface area (Å²) >= 11 is 6.00. The SMILES string of the molecule is COc1ccc(N2CC(=O)N(C)CC2=O)cc1Cl. The van der Waals surface area contributed by atoms with Crippen molar-refractivity contribution in [3.05, 3.63) is 23.2 Å². The molecule has 1 aliphatic heterocycles. The molecule has 0 spiro atoms. The molecule has 0 atom stereocenters. The van der Waals surface area contributed by atoms with Crippen molar-refractivity contribution in [1.29, 1.82) is 0 Å². The van der Waals surface area contributed by atoms with Gasteiger partial charge in [-0.05, 0) is 18.2 Å². The van der Waals surface area contributed by atoms with Gasteiger partial charge in [0.15, 0.2) is 0 Å². The van der Waals surface area contributed by atoms with Crippen molar-refractivity contribution in [2.45, 2.75) is 0 Å².